The Hall–Kier alpha value is -2.10. The smallest absolute Gasteiger partial charge is 0.214 e. The Morgan fingerprint density at radius 3 is 2.62 bits per heavy atom. The van der Waals surface area contributed by atoms with Gasteiger partial charge in [-0.25, -0.2) is 9.97 Å². The number of aliphatic imine (C=N–C) groups is 1. The second kappa shape index (κ2) is 9.02. The van der Waals surface area contributed by atoms with Crippen LogP contribution in [0.15, 0.2) is 33.7 Å². The molecule has 2 heterocycles. The highest BCUT2D eigenvalue weighted by Crippen LogP contribution is 2.14. The monoisotopic (exact) mass is 468 g/mol. The number of fused-ring (bicyclic) bond motifs is 1. The van der Waals surface area contributed by atoms with Crippen LogP contribution in [0.25, 0.3) is 11.0 Å². The Balaban J connectivity index is 0.00000243. The van der Waals surface area contributed by atoms with E-state index < -0.39 is 0 Å². The van der Waals surface area contributed by atoms with Crippen molar-refractivity contribution in [1.82, 2.24) is 25.2 Å². The molecule has 1 aromatic carbocycles. The largest absolute Gasteiger partial charge is 0.444 e. The Morgan fingerprint density at radius 1 is 1.15 bits per heavy atom. The number of hydrogen-bond acceptors (Lipinski definition) is 4. The van der Waals surface area contributed by atoms with Gasteiger partial charge in [0.1, 0.15) is 11.6 Å². The van der Waals surface area contributed by atoms with Crippen molar-refractivity contribution in [3.05, 3.63) is 47.4 Å². The summed E-state index contributed by atoms with van der Waals surface area (Å²) in [7, 11) is 1.75. The molecule has 2 aromatic heterocycles. The summed E-state index contributed by atoms with van der Waals surface area (Å²) in [5.41, 5.74) is 3.09. The highest BCUT2D eigenvalue weighted by Gasteiger charge is 2.08. The fraction of sp³-hybridized carbons (Fsp3) is 0.389. The van der Waals surface area contributed by atoms with Gasteiger partial charge in [0.05, 0.1) is 23.3 Å². The van der Waals surface area contributed by atoms with Gasteiger partial charge >= 0.3 is 0 Å². The highest BCUT2D eigenvalue weighted by molar-refractivity contribution is 14.0. The summed E-state index contributed by atoms with van der Waals surface area (Å²) in [5.74, 6) is 3.24. The van der Waals surface area contributed by atoms with Crippen LogP contribution in [0.2, 0.25) is 0 Å². The minimum absolute atomic E-state index is 0. The molecule has 0 saturated heterocycles. The lowest BCUT2D eigenvalue weighted by Crippen LogP contribution is -2.38. The van der Waals surface area contributed by atoms with Gasteiger partial charge in [0, 0.05) is 20.1 Å². The summed E-state index contributed by atoms with van der Waals surface area (Å²) in [4.78, 5) is 13.2. The molecule has 0 fully saturated rings. The summed E-state index contributed by atoms with van der Waals surface area (Å²) in [6.45, 7) is 7.93. The molecule has 140 valence electrons. The number of hydrogen-bond donors (Lipinski definition) is 2. The van der Waals surface area contributed by atoms with Crippen LogP contribution in [0.5, 0.6) is 0 Å². The number of rotatable bonds is 5. The molecule has 0 aliphatic carbocycles. The van der Waals surface area contributed by atoms with E-state index in [1.54, 1.807) is 7.05 Å². The van der Waals surface area contributed by atoms with Crippen LogP contribution in [-0.2, 0) is 13.1 Å². The summed E-state index contributed by atoms with van der Waals surface area (Å²) >= 11 is 0. The van der Waals surface area contributed by atoms with E-state index in [9.17, 15) is 0 Å². The van der Waals surface area contributed by atoms with Crippen LogP contribution in [0.3, 0.4) is 0 Å². The number of nitrogens with one attached hydrogen (secondary N) is 2. The molecule has 7 nitrogen and oxygen atoms in total. The zero-order valence-corrected chi connectivity index (χ0v) is 17.9. The minimum Gasteiger partial charge on any atom is -0.444 e. The van der Waals surface area contributed by atoms with Crippen molar-refractivity contribution in [3.8, 4) is 0 Å². The normalized spacial score (nSPS) is 11.5. The maximum absolute atomic E-state index is 5.57. The molecule has 0 unspecified atom stereocenters. The molecule has 0 atom stereocenters. The number of guanidine groups is 1. The quantitative estimate of drug-likeness (QED) is 0.342. The topological polar surface area (TPSA) is 80.3 Å². The van der Waals surface area contributed by atoms with Crippen LogP contribution in [0.1, 0.15) is 23.2 Å². The molecule has 0 saturated carbocycles. The molecule has 3 rings (SSSR count). The first-order valence-corrected chi connectivity index (χ1v) is 8.37. The van der Waals surface area contributed by atoms with Crippen molar-refractivity contribution >= 4 is 41.0 Å². The lowest BCUT2D eigenvalue weighted by Gasteiger charge is -2.12. The molecule has 0 aliphatic heterocycles. The van der Waals surface area contributed by atoms with Gasteiger partial charge in [0.25, 0.3) is 0 Å². The lowest BCUT2D eigenvalue weighted by molar-refractivity contribution is 0.463. The van der Waals surface area contributed by atoms with E-state index in [1.165, 1.54) is 0 Å². The first-order valence-electron chi connectivity index (χ1n) is 8.37. The van der Waals surface area contributed by atoms with E-state index in [1.807, 2.05) is 39.0 Å². The van der Waals surface area contributed by atoms with Crippen molar-refractivity contribution < 1.29 is 4.42 Å². The SMILES string of the molecule is CN=C(NCCn1c(C)nc2ccccc21)NCc1nc(C)c(C)o1.I. The Kier molecular flexibility index (Phi) is 7.01. The van der Waals surface area contributed by atoms with Crippen molar-refractivity contribution in [2.75, 3.05) is 13.6 Å². The molecule has 0 radical (unpaired) electrons. The van der Waals surface area contributed by atoms with Crippen molar-refractivity contribution in [1.29, 1.82) is 0 Å². The van der Waals surface area contributed by atoms with Crippen molar-refractivity contribution in [2.24, 2.45) is 4.99 Å². The average molecular weight is 468 g/mol. The average Bonchev–Trinajstić information content (AvgIpc) is 3.09. The number of halogens is 1. The van der Waals surface area contributed by atoms with Crippen LogP contribution < -0.4 is 10.6 Å². The number of imidazole rings is 1. The van der Waals surface area contributed by atoms with Crippen LogP contribution in [0.4, 0.5) is 0 Å². The third-order valence-electron chi connectivity index (χ3n) is 4.18. The Labute approximate surface area is 170 Å². The summed E-state index contributed by atoms with van der Waals surface area (Å²) in [6, 6.07) is 8.17. The number of para-hydroxylation sites is 2. The molecular formula is C18H25IN6O. The van der Waals surface area contributed by atoms with E-state index in [0.29, 0.717) is 12.4 Å². The molecule has 8 heteroatoms. The molecule has 26 heavy (non-hydrogen) atoms. The number of aromatic nitrogens is 3. The second-order valence-corrected chi connectivity index (χ2v) is 5.90. The summed E-state index contributed by atoms with van der Waals surface area (Å²) < 4.78 is 7.77. The standard InChI is InChI=1S/C18H24N6O.HI/c1-12-13(2)25-17(22-12)11-21-18(19-4)20-9-10-24-14(3)23-15-7-5-6-8-16(15)24;/h5-8H,9-11H2,1-4H3,(H2,19,20,21);1H. The Morgan fingerprint density at radius 2 is 1.92 bits per heavy atom. The maximum atomic E-state index is 5.57. The molecule has 2 N–H and O–H groups in total. The highest BCUT2D eigenvalue weighted by atomic mass is 127. The Bertz CT molecular complexity index is 879. The van der Waals surface area contributed by atoms with Gasteiger partial charge in [-0.2, -0.15) is 0 Å². The zero-order chi connectivity index (χ0) is 17.8. The van der Waals surface area contributed by atoms with Gasteiger partial charge in [-0.1, -0.05) is 12.1 Å². The van der Waals surface area contributed by atoms with Crippen LogP contribution in [0, 0.1) is 20.8 Å². The first kappa shape index (κ1) is 20.2. The van der Waals surface area contributed by atoms with Crippen LogP contribution >= 0.6 is 24.0 Å². The number of nitrogens with zero attached hydrogens (tertiary/aromatic N) is 4. The maximum Gasteiger partial charge on any atom is 0.214 e. The molecule has 0 aliphatic rings. The number of aryl methyl sites for hydroxylation is 3. The summed E-state index contributed by atoms with van der Waals surface area (Å²) in [6.07, 6.45) is 0. The second-order valence-electron chi connectivity index (χ2n) is 5.90. The van der Waals surface area contributed by atoms with Gasteiger partial charge in [-0.15, -0.1) is 24.0 Å². The third-order valence-corrected chi connectivity index (χ3v) is 4.18. The molecule has 0 spiro atoms. The number of oxazole rings is 1. The number of benzene rings is 1. The fourth-order valence-electron chi connectivity index (χ4n) is 2.76. The molecule has 0 amide bonds. The van der Waals surface area contributed by atoms with E-state index in [-0.39, 0.29) is 24.0 Å². The van der Waals surface area contributed by atoms with E-state index in [2.05, 4.69) is 36.2 Å². The van der Waals surface area contributed by atoms with Gasteiger partial charge in [-0.3, -0.25) is 4.99 Å². The first-order chi connectivity index (χ1) is 12.1. The van der Waals surface area contributed by atoms with Gasteiger partial charge in [0.15, 0.2) is 5.96 Å². The lowest BCUT2D eigenvalue weighted by atomic mass is 10.3. The van der Waals surface area contributed by atoms with Gasteiger partial charge in [-0.05, 0) is 32.9 Å². The zero-order valence-electron chi connectivity index (χ0n) is 15.5. The van der Waals surface area contributed by atoms with Crippen molar-refractivity contribution in [2.45, 2.75) is 33.9 Å². The molecular weight excluding hydrogens is 443 g/mol. The molecule has 0 bridgehead atoms. The van der Waals surface area contributed by atoms with E-state index >= 15 is 0 Å². The minimum atomic E-state index is 0. The predicted octanol–water partition coefficient (Wildman–Crippen LogP) is 2.93. The van der Waals surface area contributed by atoms with E-state index in [4.69, 9.17) is 4.42 Å². The van der Waals surface area contributed by atoms with Gasteiger partial charge < -0.3 is 19.6 Å². The van der Waals surface area contributed by atoms with E-state index in [0.717, 1.165) is 47.4 Å². The fourth-order valence-corrected chi connectivity index (χ4v) is 2.76. The van der Waals surface area contributed by atoms with Crippen molar-refractivity contribution in [3.63, 3.8) is 0 Å². The molecule has 3 aromatic rings. The third kappa shape index (κ3) is 4.54. The van der Waals surface area contributed by atoms with Crippen LogP contribution in [-0.4, -0.2) is 34.1 Å². The predicted molar refractivity (Wildman–Crippen MR) is 114 cm³/mol. The van der Waals surface area contributed by atoms with Gasteiger partial charge in [0.2, 0.25) is 5.89 Å². The summed E-state index contributed by atoms with van der Waals surface area (Å²) in [5, 5.41) is 6.53.